The fourth-order valence-electron chi connectivity index (χ4n) is 3.24. The van der Waals surface area contributed by atoms with Crippen LogP contribution in [0, 0.1) is 0 Å². The summed E-state index contributed by atoms with van der Waals surface area (Å²) in [6.07, 6.45) is -1.34. The molecule has 0 aromatic heterocycles. The zero-order chi connectivity index (χ0) is 24.4. The van der Waals surface area contributed by atoms with Gasteiger partial charge in [0.1, 0.15) is 18.2 Å². The number of rotatable bonds is 10. The fraction of sp³-hybridized carbons (Fsp3) is 0.400. The quantitative estimate of drug-likeness (QED) is 0.526. The number of aliphatic hydroxyl groups excluding tert-OH is 1. The average molecular weight is 458 g/mol. The normalized spacial score (nSPS) is 13.0. The van der Waals surface area contributed by atoms with Gasteiger partial charge in [-0.1, -0.05) is 60.7 Å². The summed E-state index contributed by atoms with van der Waals surface area (Å²) >= 11 is 0. The molecule has 2 N–H and O–H groups in total. The Morgan fingerprint density at radius 3 is 1.97 bits per heavy atom. The van der Waals surface area contributed by atoms with Gasteiger partial charge in [-0.05, 0) is 38.3 Å². The average Bonchev–Trinajstić information content (AvgIpc) is 2.76. The molecule has 0 heterocycles. The van der Waals surface area contributed by atoms with E-state index in [1.807, 2.05) is 12.1 Å². The van der Waals surface area contributed by atoms with E-state index in [1.54, 1.807) is 69.3 Å². The zero-order valence-corrected chi connectivity index (χ0v) is 19.1. The maximum atomic E-state index is 13.0. The van der Waals surface area contributed by atoms with Crippen molar-refractivity contribution in [2.24, 2.45) is 0 Å². The molecule has 0 aliphatic carbocycles. The lowest BCUT2D eigenvalue weighted by atomic mass is 10.0. The summed E-state index contributed by atoms with van der Waals surface area (Å²) in [5.74, 6) is -2.18. The van der Waals surface area contributed by atoms with Gasteiger partial charge in [0, 0.05) is 0 Å². The highest BCUT2D eigenvalue weighted by molar-refractivity contribution is 5.85. The second-order valence-electron chi connectivity index (χ2n) is 8.62. The first-order valence-electron chi connectivity index (χ1n) is 10.7. The topological polar surface area (TPSA) is 113 Å². The number of carboxylic acids is 1. The van der Waals surface area contributed by atoms with Crippen LogP contribution in [-0.2, 0) is 32.1 Å². The molecule has 0 aliphatic heterocycles. The molecule has 0 radical (unpaired) electrons. The number of carboxylic acid groups (broad SMARTS) is 1. The van der Waals surface area contributed by atoms with Crippen molar-refractivity contribution in [3.63, 3.8) is 0 Å². The number of aliphatic carboxylic acids is 1. The minimum absolute atomic E-state index is 0.0219. The van der Waals surface area contributed by atoms with E-state index in [4.69, 9.17) is 9.47 Å². The molecule has 2 aromatic carbocycles. The minimum atomic E-state index is -1.58. The van der Waals surface area contributed by atoms with Gasteiger partial charge in [0.2, 0.25) is 0 Å². The summed E-state index contributed by atoms with van der Waals surface area (Å²) in [7, 11) is 0. The molecule has 2 rings (SSSR count). The Bertz CT molecular complexity index is 909. The molecular formula is C25H31NO7. The lowest BCUT2D eigenvalue weighted by Crippen LogP contribution is -2.55. The third kappa shape index (κ3) is 8.57. The molecule has 178 valence electrons. The maximum absolute atomic E-state index is 13.0. The van der Waals surface area contributed by atoms with Crippen molar-refractivity contribution < 1.29 is 34.1 Å². The maximum Gasteiger partial charge on any atom is 0.411 e. The van der Waals surface area contributed by atoms with Crippen LogP contribution >= 0.6 is 0 Å². The largest absolute Gasteiger partial charge is 0.480 e. The van der Waals surface area contributed by atoms with Gasteiger partial charge >= 0.3 is 18.0 Å². The Kier molecular flexibility index (Phi) is 9.42. The number of carbonyl (C=O) groups is 3. The van der Waals surface area contributed by atoms with Crippen LogP contribution in [0.3, 0.4) is 0 Å². The van der Waals surface area contributed by atoms with Crippen molar-refractivity contribution in [3.05, 3.63) is 71.8 Å². The number of aliphatic hydroxyl groups is 1. The van der Waals surface area contributed by atoms with E-state index in [0.29, 0.717) is 0 Å². The summed E-state index contributed by atoms with van der Waals surface area (Å²) < 4.78 is 10.7. The minimum Gasteiger partial charge on any atom is -0.480 e. The summed E-state index contributed by atoms with van der Waals surface area (Å²) in [5, 5.41) is 20.0. The third-order valence-electron chi connectivity index (χ3n) is 4.75. The molecule has 1 amide bonds. The van der Waals surface area contributed by atoms with Gasteiger partial charge in [-0.15, -0.1) is 0 Å². The molecule has 0 spiro atoms. The van der Waals surface area contributed by atoms with Gasteiger partial charge in [-0.3, -0.25) is 9.69 Å². The van der Waals surface area contributed by atoms with Gasteiger partial charge in [0.15, 0.2) is 0 Å². The van der Waals surface area contributed by atoms with Crippen LogP contribution in [0.2, 0.25) is 0 Å². The predicted octanol–water partition coefficient (Wildman–Crippen LogP) is 3.41. The van der Waals surface area contributed by atoms with Crippen molar-refractivity contribution in [1.29, 1.82) is 0 Å². The van der Waals surface area contributed by atoms with Crippen molar-refractivity contribution >= 4 is 18.0 Å². The molecule has 0 saturated carbocycles. The molecule has 0 aliphatic rings. The first-order valence-corrected chi connectivity index (χ1v) is 10.7. The van der Waals surface area contributed by atoms with E-state index in [9.17, 15) is 24.6 Å². The lowest BCUT2D eigenvalue weighted by molar-refractivity contribution is -0.154. The van der Waals surface area contributed by atoms with E-state index in [-0.39, 0.29) is 13.0 Å². The highest BCUT2D eigenvalue weighted by Crippen LogP contribution is 2.20. The van der Waals surface area contributed by atoms with Crippen LogP contribution in [0.1, 0.15) is 38.3 Å². The van der Waals surface area contributed by atoms with Gasteiger partial charge < -0.3 is 19.7 Å². The van der Waals surface area contributed by atoms with Crippen LogP contribution in [0.15, 0.2) is 60.7 Å². The van der Waals surface area contributed by atoms with Crippen LogP contribution in [0.4, 0.5) is 4.79 Å². The number of esters is 1. The van der Waals surface area contributed by atoms with Gasteiger partial charge in [0.05, 0.1) is 19.1 Å². The van der Waals surface area contributed by atoms with Crippen molar-refractivity contribution in [3.8, 4) is 0 Å². The molecule has 2 atom stereocenters. The van der Waals surface area contributed by atoms with Crippen LogP contribution in [0.5, 0.6) is 0 Å². The highest BCUT2D eigenvalue weighted by atomic mass is 16.6. The number of benzene rings is 2. The second-order valence-corrected chi connectivity index (χ2v) is 8.62. The first-order chi connectivity index (χ1) is 15.6. The Balaban J connectivity index is 2.26. The Hall–Kier alpha value is -3.39. The molecule has 0 saturated heterocycles. The second kappa shape index (κ2) is 12.0. The lowest BCUT2D eigenvalue weighted by Gasteiger charge is -2.36. The summed E-state index contributed by atoms with van der Waals surface area (Å²) in [5.41, 5.74) is 0.638. The smallest absolute Gasteiger partial charge is 0.411 e. The van der Waals surface area contributed by atoms with Crippen molar-refractivity contribution in [2.75, 3.05) is 6.61 Å². The van der Waals surface area contributed by atoms with E-state index in [2.05, 4.69) is 0 Å². The fourth-order valence-corrected chi connectivity index (χ4v) is 3.24. The predicted molar refractivity (Wildman–Crippen MR) is 121 cm³/mol. The first kappa shape index (κ1) is 25.9. The number of carbonyl (C=O) groups excluding carboxylic acids is 2. The van der Waals surface area contributed by atoms with E-state index >= 15 is 0 Å². The summed E-state index contributed by atoms with van der Waals surface area (Å²) in [4.78, 5) is 38.6. The Morgan fingerprint density at radius 1 is 0.939 bits per heavy atom. The van der Waals surface area contributed by atoms with E-state index in [1.165, 1.54) is 0 Å². The SMILES string of the molecule is CC(C)(C)OC(=O)N([C@H](CO)Cc1ccccc1)[C@H](CC(=O)OCc1ccccc1)C(=O)O. The summed E-state index contributed by atoms with van der Waals surface area (Å²) in [6.45, 7) is 4.41. The molecule has 2 aromatic rings. The van der Waals surface area contributed by atoms with Crippen molar-refractivity contribution in [1.82, 2.24) is 4.90 Å². The van der Waals surface area contributed by atoms with Gasteiger partial charge in [0.25, 0.3) is 0 Å². The monoisotopic (exact) mass is 457 g/mol. The standard InChI is InChI=1S/C25H31NO7/c1-25(2,3)33-24(31)26(20(16-27)14-18-10-6-4-7-11-18)21(23(29)30)15-22(28)32-17-19-12-8-5-9-13-19/h4-13,20-21,27H,14-17H2,1-3H3,(H,29,30)/t20-,21+/m0/s1. The van der Waals surface area contributed by atoms with E-state index < -0.39 is 48.7 Å². The van der Waals surface area contributed by atoms with E-state index in [0.717, 1.165) is 16.0 Å². The number of hydrogen-bond acceptors (Lipinski definition) is 6. The van der Waals surface area contributed by atoms with Gasteiger partial charge in [-0.2, -0.15) is 0 Å². The van der Waals surface area contributed by atoms with Crippen molar-refractivity contribution in [2.45, 2.75) is 57.9 Å². The molecule has 0 fully saturated rings. The zero-order valence-electron chi connectivity index (χ0n) is 19.1. The molecular weight excluding hydrogens is 426 g/mol. The van der Waals surface area contributed by atoms with Crippen LogP contribution in [-0.4, -0.2) is 57.4 Å². The summed E-state index contributed by atoms with van der Waals surface area (Å²) in [6, 6.07) is 15.5. The Morgan fingerprint density at radius 2 is 1.48 bits per heavy atom. The number of ether oxygens (including phenoxy) is 2. The molecule has 0 bridgehead atoms. The molecule has 8 heteroatoms. The molecule has 0 unspecified atom stereocenters. The third-order valence-corrected chi connectivity index (χ3v) is 4.75. The molecule has 8 nitrogen and oxygen atoms in total. The van der Waals surface area contributed by atoms with Gasteiger partial charge in [-0.25, -0.2) is 9.59 Å². The Labute approximate surface area is 193 Å². The molecule has 33 heavy (non-hydrogen) atoms. The number of hydrogen-bond donors (Lipinski definition) is 2. The van der Waals surface area contributed by atoms with Crippen LogP contribution in [0.25, 0.3) is 0 Å². The van der Waals surface area contributed by atoms with Crippen LogP contribution < -0.4 is 0 Å². The highest BCUT2D eigenvalue weighted by Gasteiger charge is 2.39. The number of nitrogens with zero attached hydrogens (tertiary/aromatic N) is 1. The number of amides is 1.